The third-order valence-electron chi connectivity index (χ3n) is 5.94. The second kappa shape index (κ2) is 11.4. The fourth-order valence-corrected chi connectivity index (χ4v) is 7.22. The van der Waals surface area contributed by atoms with Crippen molar-refractivity contribution < 1.29 is 19.4 Å². The number of carboxylic acids is 1. The SMILES string of the molecule is CCCCCC(CCC)(C(Cc1cccnc1)C(=O)O)P(=O)(O)Cc1ccccc1. The van der Waals surface area contributed by atoms with Crippen LogP contribution in [0.3, 0.4) is 0 Å². The van der Waals surface area contributed by atoms with E-state index in [1.54, 1.807) is 18.5 Å². The lowest BCUT2D eigenvalue weighted by atomic mass is 9.80. The van der Waals surface area contributed by atoms with Crippen LogP contribution in [-0.4, -0.2) is 26.1 Å². The molecule has 0 saturated heterocycles. The smallest absolute Gasteiger partial charge is 0.307 e. The Balaban J connectivity index is 2.52. The van der Waals surface area contributed by atoms with Crippen molar-refractivity contribution in [3.8, 4) is 0 Å². The monoisotopic (exact) mass is 431 g/mol. The molecule has 0 amide bonds. The molecule has 164 valence electrons. The number of unbranched alkanes of at least 4 members (excludes halogenated alkanes) is 2. The molecule has 0 spiro atoms. The molecule has 30 heavy (non-hydrogen) atoms. The van der Waals surface area contributed by atoms with Gasteiger partial charge >= 0.3 is 5.97 Å². The van der Waals surface area contributed by atoms with Crippen molar-refractivity contribution in [2.24, 2.45) is 5.92 Å². The zero-order valence-electron chi connectivity index (χ0n) is 18.0. The van der Waals surface area contributed by atoms with Crippen LogP contribution in [0.2, 0.25) is 0 Å². The number of benzene rings is 1. The summed E-state index contributed by atoms with van der Waals surface area (Å²) in [6.07, 6.45) is 7.62. The molecule has 2 rings (SSSR count). The Morgan fingerprint density at radius 1 is 1.03 bits per heavy atom. The van der Waals surface area contributed by atoms with Gasteiger partial charge in [0.1, 0.15) is 0 Å². The maximum atomic E-state index is 14.0. The van der Waals surface area contributed by atoms with Gasteiger partial charge in [0, 0.05) is 12.4 Å². The molecule has 1 heterocycles. The second-order valence-corrected chi connectivity index (χ2v) is 10.7. The van der Waals surface area contributed by atoms with Crippen molar-refractivity contribution in [2.45, 2.75) is 70.1 Å². The van der Waals surface area contributed by atoms with Gasteiger partial charge in [-0.2, -0.15) is 0 Å². The zero-order chi connectivity index (χ0) is 22.0. The van der Waals surface area contributed by atoms with E-state index in [0.717, 1.165) is 30.4 Å². The van der Waals surface area contributed by atoms with Crippen LogP contribution in [0.15, 0.2) is 54.9 Å². The standard InChI is InChI=1S/C24H34NO4P/c1-3-5-9-15-24(14-4-2,30(28,29)19-20-11-7-6-8-12-20)22(23(26)27)17-21-13-10-16-25-18-21/h6-8,10-13,16,18,22H,3-5,9,14-15,17,19H2,1-2H3,(H,26,27)(H,28,29). The van der Waals surface area contributed by atoms with Gasteiger partial charge in [-0.15, -0.1) is 0 Å². The number of carboxylic acid groups (broad SMARTS) is 1. The molecule has 0 bridgehead atoms. The van der Waals surface area contributed by atoms with Gasteiger partial charge in [-0.3, -0.25) is 14.3 Å². The molecule has 1 aromatic carbocycles. The van der Waals surface area contributed by atoms with Crippen LogP contribution in [0.1, 0.15) is 63.5 Å². The van der Waals surface area contributed by atoms with Gasteiger partial charge in [0.15, 0.2) is 0 Å². The molecule has 6 heteroatoms. The maximum Gasteiger partial charge on any atom is 0.307 e. The molecule has 0 fully saturated rings. The first-order valence-electron chi connectivity index (χ1n) is 10.8. The minimum Gasteiger partial charge on any atom is -0.481 e. The first-order valence-corrected chi connectivity index (χ1v) is 12.7. The highest BCUT2D eigenvalue weighted by Crippen LogP contribution is 2.65. The Morgan fingerprint density at radius 2 is 1.73 bits per heavy atom. The lowest BCUT2D eigenvalue weighted by molar-refractivity contribution is -0.143. The quantitative estimate of drug-likeness (QED) is 0.304. The third kappa shape index (κ3) is 6.02. The maximum absolute atomic E-state index is 14.0. The minimum absolute atomic E-state index is 0.00319. The largest absolute Gasteiger partial charge is 0.481 e. The number of hydrogen-bond donors (Lipinski definition) is 2. The molecule has 0 aliphatic rings. The van der Waals surface area contributed by atoms with E-state index in [0.29, 0.717) is 19.3 Å². The lowest BCUT2D eigenvalue weighted by Crippen LogP contribution is -2.44. The number of rotatable bonds is 13. The van der Waals surface area contributed by atoms with E-state index in [2.05, 4.69) is 11.9 Å². The Labute approximate surface area is 180 Å². The highest BCUT2D eigenvalue weighted by molar-refractivity contribution is 7.59. The normalized spacial score (nSPS) is 16.4. The van der Waals surface area contributed by atoms with Crippen LogP contribution >= 0.6 is 7.37 Å². The van der Waals surface area contributed by atoms with Crippen molar-refractivity contribution in [3.63, 3.8) is 0 Å². The molecule has 1 aromatic heterocycles. The first-order chi connectivity index (χ1) is 14.4. The summed E-state index contributed by atoms with van der Waals surface area (Å²) in [5.74, 6) is -1.95. The van der Waals surface area contributed by atoms with Crippen LogP contribution in [0, 0.1) is 5.92 Å². The molecule has 2 aromatic rings. The summed E-state index contributed by atoms with van der Waals surface area (Å²) in [6.45, 7) is 4.04. The molecule has 0 aliphatic heterocycles. The van der Waals surface area contributed by atoms with E-state index < -0.39 is 24.4 Å². The summed E-state index contributed by atoms with van der Waals surface area (Å²) in [6, 6.07) is 12.8. The van der Waals surface area contributed by atoms with Crippen LogP contribution in [0.5, 0.6) is 0 Å². The number of pyridine rings is 1. The lowest BCUT2D eigenvalue weighted by Gasteiger charge is -2.42. The molecule has 0 aliphatic carbocycles. The zero-order valence-corrected chi connectivity index (χ0v) is 18.9. The van der Waals surface area contributed by atoms with Crippen LogP contribution in [0.4, 0.5) is 0 Å². The Hall–Kier alpha value is -1.97. The van der Waals surface area contributed by atoms with Gasteiger partial charge in [-0.25, -0.2) is 0 Å². The molecule has 5 nitrogen and oxygen atoms in total. The Bertz CT molecular complexity index is 828. The summed E-state index contributed by atoms with van der Waals surface area (Å²) < 4.78 is 14.0. The van der Waals surface area contributed by atoms with Crippen molar-refractivity contribution in [3.05, 3.63) is 66.0 Å². The summed E-state index contributed by atoms with van der Waals surface area (Å²) in [4.78, 5) is 28.1. The summed E-state index contributed by atoms with van der Waals surface area (Å²) in [5.41, 5.74) is 1.55. The predicted molar refractivity (Wildman–Crippen MR) is 121 cm³/mol. The van der Waals surface area contributed by atoms with Crippen molar-refractivity contribution in [1.29, 1.82) is 0 Å². The molecule has 2 N–H and O–H groups in total. The number of hydrogen-bond acceptors (Lipinski definition) is 3. The van der Waals surface area contributed by atoms with E-state index in [4.69, 9.17) is 0 Å². The molecule has 0 radical (unpaired) electrons. The topological polar surface area (TPSA) is 87.5 Å². The summed E-state index contributed by atoms with van der Waals surface area (Å²) in [5, 5.41) is 9.06. The molecule has 0 saturated carbocycles. The summed E-state index contributed by atoms with van der Waals surface area (Å²) >= 11 is 0. The number of aliphatic carboxylic acids is 1. The molecule has 3 atom stereocenters. The minimum atomic E-state index is -3.86. The number of carbonyl (C=O) groups is 1. The van der Waals surface area contributed by atoms with Gasteiger partial charge in [-0.05, 0) is 36.5 Å². The van der Waals surface area contributed by atoms with Crippen molar-refractivity contribution in [1.82, 2.24) is 4.98 Å². The molecular weight excluding hydrogens is 397 g/mol. The van der Waals surface area contributed by atoms with Crippen molar-refractivity contribution >= 4 is 13.3 Å². The van der Waals surface area contributed by atoms with Crippen LogP contribution in [-0.2, 0) is 21.9 Å². The Kier molecular flexibility index (Phi) is 9.26. The molecular formula is C24H34NO4P. The first kappa shape index (κ1) is 24.3. The van der Waals surface area contributed by atoms with Crippen molar-refractivity contribution in [2.75, 3.05) is 0 Å². The summed E-state index contributed by atoms with van der Waals surface area (Å²) in [7, 11) is -3.86. The van der Waals surface area contributed by atoms with E-state index in [1.807, 2.05) is 43.3 Å². The second-order valence-electron chi connectivity index (χ2n) is 8.11. The molecule has 3 unspecified atom stereocenters. The fourth-order valence-electron chi connectivity index (χ4n) is 4.43. The van der Waals surface area contributed by atoms with Gasteiger partial charge in [0.25, 0.3) is 0 Å². The average Bonchev–Trinajstić information content (AvgIpc) is 2.72. The van der Waals surface area contributed by atoms with E-state index >= 15 is 0 Å². The highest BCUT2D eigenvalue weighted by atomic mass is 31.2. The predicted octanol–water partition coefficient (Wildman–Crippen LogP) is 5.91. The van der Waals surface area contributed by atoms with Gasteiger partial charge in [0.05, 0.1) is 17.2 Å². The van der Waals surface area contributed by atoms with Gasteiger partial charge < -0.3 is 10.00 Å². The third-order valence-corrected chi connectivity index (χ3v) is 8.89. The highest BCUT2D eigenvalue weighted by Gasteiger charge is 2.54. The fraction of sp³-hybridized carbons (Fsp3) is 0.500. The van der Waals surface area contributed by atoms with Gasteiger partial charge in [0.2, 0.25) is 7.37 Å². The van der Waals surface area contributed by atoms with E-state index in [9.17, 15) is 19.4 Å². The van der Waals surface area contributed by atoms with Crippen LogP contribution < -0.4 is 0 Å². The van der Waals surface area contributed by atoms with E-state index in [-0.39, 0.29) is 12.6 Å². The van der Waals surface area contributed by atoms with E-state index in [1.165, 1.54) is 0 Å². The van der Waals surface area contributed by atoms with Crippen LogP contribution in [0.25, 0.3) is 0 Å². The number of aromatic nitrogens is 1. The average molecular weight is 432 g/mol. The number of nitrogens with zero attached hydrogens (tertiary/aromatic N) is 1. The van der Waals surface area contributed by atoms with Gasteiger partial charge in [-0.1, -0.05) is 75.9 Å². The Morgan fingerprint density at radius 3 is 2.30 bits per heavy atom.